The van der Waals surface area contributed by atoms with Gasteiger partial charge in [-0.3, -0.25) is 4.79 Å². The van der Waals surface area contributed by atoms with E-state index in [0.29, 0.717) is 43.2 Å². The summed E-state index contributed by atoms with van der Waals surface area (Å²) in [7, 11) is 4.71. The van der Waals surface area contributed by atoms with Crippen LogP contribution < -0.4 is 25.3 Å². The van der Waals surface area contributed by atoms with Gasteiger partial charge in [-0.25, -0.2) is 0 Å². The van der Waals surface area contributed by atoms with Gasteiger partial charge in [0.1, 0.15) is 0 Å². The number of benzene rings is 1. The van der Waals surface area contributed by atoms with Crippen molar-refractivity contribution in [2.24, 2.45) is 5.73 Å². The van der Waals surface area contributed by atoms with Gasteiger partial charge in [-0.2, -0.15) is 0 Å². The van der Waals surface area contributed by atoms with Crippen molar-refractivity contribution < 1.29 is 19.0 Å². The molecule has 6 heteroatoms. The summed E-state index contributed by atoms with van der Waals surface area (Å²) in [5, 5.41) is 2.80. The highest BCUT2D eigenvalue weighted by molar-refractivity contribution is 5.76. The molecule has 1 rings (SSSR count). The Morgan fingerprint density at radius 2 is 1.85 bits per heavy atom. The Hall–Kier alpha value is -1.95. The monoisotopic (exact) mass is 282 g/mol. The molecule has 0 unspecified atom stereocenters. The van der Waals surface area contributed by atoms with Crippen molar-refractivity contribution >= 4 is 5.91 Å². The Morgan fingerprint density at radius 1 is 1.15 bits per heavy atom. The van der Waals surface area contributed by atoms with Crippen LogP contribution in [0.4, 0.5) is 0 Å². The summed E-state index contributed by atoms with van der Waals surface area (Å²) in [4.78, 5) is 11.3. The number of carbonyl (C=O) groups is 1. The molecule has 0 aliphatic carbocycles. The number of ether oxygens (including phenoxy) is 3. The number of carbonyl (C=O) groups excluding carboxylic acids is 1. The summed E-state index contributed by atoms with van der Waals surface area (Å²) in [6.45, 7) is 0.871. The van der Waals surface area contributed by atoms with Crippen molar-refractivity contribution in [2.45, 2.75) is 12.8 Å². The number of nitrogens with one attached hydrogen (secondary N) is 1. The lowest BCUT2D eigenvalue weighted by molar-refractivity contribution is -0.120. The van der Waals surface area contributed by atoms with Gasteiger partial charge < -0.3 is 25.3 Å². The third-order valence-electron chi connectivity index (χ3n) is 2.87. The second-order valence-corrected chi connectivity index (χ2v) is 4.13. The first-order valence-electron chi connectivity index (χ1n) is 6.42. The van der Waals surface area contributed by atoms with Gasteiger partial charge in [0, 0.05) is 25.1 Å². The van der Waals surface area contributed by atoms with Gasteiger partial charge in [0.15, 0.2) is 11.5 Å². The predicted molar refractivity (Wildman–Crippen MR) is 76.5 cm³/mol. The summed E-state index contributed by atoms with van der Waals surface area (Å²) >= 11 is 0. The minimum atomic E-state index is -0.0491. The molecule has 1 amide bonds. The molecule has 1 aromatic carbocycles. The summed E-state index contributed by atoms with van der Waals surface area (Å²) in [6, 6.07) is 3.72. The normalized spacial score (nSPS) is 10.0. The lowest BCUT2D eigenvalue weighted by atomic mass is 10.1. The highest BCUT2D eigenvalue weighted by atomic mass is 16.5. The average molecular weight is 282 g/mol. The molecule has 0 aromatic heterocycles. The Kier molecular flexibility index (Phi) is 6.66. The van der Waals surface area contributed by atoms with Crippen molar-refractivity contribution in [3.8, 4) is 17.2 Å². The van der Waals surface area contributed by atoms with E-state index < -0.39 is 0 Å². The van der Waals surface area contributed by atoms with E-state index in [1.807, 2.05) is 12.1 Å². The Bertz CT molecular complexity index is 449. The number of hydrogen-bond acceptors (Lipinski definition) is 5. The van der Waals surface area contributed by atoms with Gasteiger partial charge >= 0.3 is 0 Å². The van der Waals surface area contributed by atoms with Crippen LogP contribution in [0.25, 0.3) is 0 Å². The van der Waals surface area contributed by atoms with Gasteiger partial charge in [0.25, 0.3) is 0 Å². The van der Waals surface area contributed by atoms with Crippen LogP contribution in [-0.4, -0.2) is 40.3 Å². The van der Waals surface area contributed by atoms with Crippen LogP contribution in [0, 0.1) is 0 Å². The maximum Gasteiger partial charge on any atom is 0.221 e. The molecule has 0 saturated carbocycles. The van der Waals surface area contributed by atoms with Gasteiger partial charge in [0.05, 0.1) is 21.3 Å². The topological polar surface area (TPSA) is 82.8 Å². The molecular weight excluding hydrogens is 260 g/mol. The van der Waals surface area contributed by atoms with Crippen molar-refractivity contribution in [1.82, 2.24) is 5.32 Å². The zero-order valence-corrected chi connectivity index (χ0v) is 12.2. The predicted octanol–water partition coefficient (Wildman–Crippen LogP) is 0.720. The van der Waals surface area contributed by atoms with Gasteiger partial charge in [0.2, 0.25) is 11.7 Å². The average Bonchev–Trinajstić information content (AvgIpc) is 2.46. The molecule has 1 aromatic rings. The van der Waals surface area contributed by atoms with E-state index in [9.17, 15) is 4.79 Å². The number of nitrogens with two attached hydrogens (primary N) is 1. The molecule has 3 N–H and O–H groups in total. The molecule has 0 saturated heterocycles. The van der Waals surface area contributed by atoms with Gasteiger partial charge in [-0.15, -0.1) is 0 Å². The highest BCUT2D eigenvalue weighted by Crippen LogP contribution is 2.39. The molecule has 112 valence electrons. The van der Waals surface area contributed by atoms with E-state index in [1.165, 1.54) is 0 Å². The van der Waals surface area contributed by atoms with Gasteiger partial charge in [-0.05, 0) is 12.5 Å². The first kappa shape index (κ1) is 16.1. The maximum atomic E-state index is 11.3. The first-order valence-corrected chi connectivity index (χ1v) is 6.42. The molecule has 0 bridgehead atoms. The van der Waals surface area contributed by atoms with Crippen molar-refractivity contribution in [3.05, 3.63) is 17.7 Å². The fourth-order valence-electron chi connectivity index (χ4n) is 1.92. The van der Waals surface area contributed by atoms with Crippen molar-refractivity contribution in [2.75, 3.05) is 34.4 Å². The lowest BCUT2D eigenvalue weighted by Gasteiger charge is -2.15. The fourth-order valence-corrected chi connectivity index (χ4v) is 1.92. The Balaban J connectivity index is 2.77. The van der Waals surface area contributed by atoms with Crippen molar-refractivity contribution in [3.63, 3.8) is 0 Å². The molecule has 0 heterocycles. The molecule has 0 fully saturated rings. The summed E-state index contributed by atoms with van der Waals surface area (Å²) in [5.74, 6) is 1.74. The highest BCUT2D eigenvalue weighted by Gasteiger charge is 2.15. The van der Waals surface area contributed by atoms with Crippen LogP contribution in [0.1, 0.15) is 12.0 Å². The Morgan fingerprint density at radius 3 is 2.40 bits per heavy atom. The molecule has 0 aliphatic rings. The minimum absolute atomic E-state index is 0.0491. The number of amides is 1. The van der Waals surface area contributed by atoms with Crippen LogP contribution in [0.5, 0.6) is 17.2 Å². The van der Waals surface area contributed by atoms with E-state index in [0.717, 1.165) is 5.56 Å². The van der Waals surface area contributed by atoms with E-state index in [-0.39, 0.29) is 5.91 Å². The number of rotatable bonds is 8. The summed E-state index contributed by atoms with van der Waals surface area (Å²) < 4.78 is 15.9. The molecule has 0 aliphatic heterocycles. The number of hydrogen-bond donors (Lipinski definition) is 2. The molecular formula is C14H22N2O4. The standard InChI is InChI=1S/C14H22N2O4/c1-18-11-5-4-10(13(19-2)14(11)20-3)7-9-16-12(17)6-8-15/h4-5H,6-9,15H2,1-3H3,(H,16,17). The first-order chi connectivity index (χ1) is 9.67. The lowest BCUT2D eigenvalue weighted by Crippen LogP contribution is -2.27. The zero-order chi connectivity index (χ0) is 15.0. The van der Waals surface area contributed by atoms with E-state index in [2.05, 4.69) is 5.32 Å². The largest absolute Gasteiger partial charge is 0.493 e. The smallest absolute Gasteiger partial charge is 0.221 e. The van der Waals surface area contributed by atoms with E-state index in [4.69, 9.17) is 19.9 Å². The Labute approximate surface area is 119 Å². The third-order valence-corrected chi connectivity index (χ3v) is 2.87. The van der Waals surface area contributed by atoms with Gasteiger partial charge in [-0.1, -0.05) is 6.07 Å². The molecule has 0 atom stereocenters. The van der Waals surface area contributed by atoms with E-state index >= 15 is 0 Å². The second-order valence-electron chi connectivity index (χ2n) is 4.13. The molecule has 20 heavy (non-hydrogen) atoms. The molecule has 0 radical (unpaired) electrons. The zero-order valence-electron chi connectivity index (χ0n) is 12.2. The minimum Gasteiger partial charge on any atom is -0.493 e. The van der Waals surface area contributed by atoms with Crippen LogP contribution in [-0.2, 0) is 11.2 Å². The van der Waals surface area contributed by atoms with Crippen LogP contribution in [0.2, 0.25) is 0 Å². The summed E-state index contributed by atoms with van der Waals surface area (Å²) in [6.07, 6.45) is 0.975. The van der Waals surface area contributed by atoms with Crippen LogP contribution in [0.3, 0.4) is 0 Å². The third kappa shape index (κ3) is 4.03. The second kappa shape index (κ2) is 8.27. The SMILES string of the molecule is COc1ccc(CCNC(=O)CCN)c(OC)c1OC. The summed E-state index contributed by atoms with van der Waals surface area (Å²) in [5.41, 5.74) is 6.26. The quantitative estimate of drug-likeness (QED) is 0.734. The van der Waals surface area contributed by atoms with E-state index in [1.54, 1.807) is 21.3 Å². The molecule has 6 nitrogen and oxygen atoms in total. The number of methoxy groups -OCH3 is 3. The molecule has 0 spiro atoms. The van der Waals surface area contributed by atoms with Crippen LogP contribution >= 0.6 is 0 Å². The fraction of sp³-hybridized carbons (Fsp3) is 0.500. The maximum absolute atomic E-state index is 11.3. The van der Waals surface area contributed by atoms with Crippen molar-refractivity contribution in [1.29, 1.82) is 0 Å². The van der Waals surface area contributed by atoms with Crippen LogP contribution in [0.15, 0.2) is 12.1 Å².